The second-order valence-corrected chi connectivity index (χ2v) is 29.1. The molecular formula is C91H130F2. The molecule has 4 aromatic carbocycles. The number of benzene rings is 4. The van der Waals surface area contributed by atoms with E-state index < -0.39 is 5.83 Å². The van der Waals surface area contributed by atoms with Crippen LogP contribution in [0.5, 0.6) is 0 Å². The SMILES string of the molecule is C=C(/C=C\C(=C)C(=C)/C(F)=C\C(=C)C(=C)/C=C\C(=C)C(C)CCC(C)CC)CC.CCC.CCCC1CCC(c2ccc(-c3ccc(C4CCC(CCC)CC4)c(F)c3)cc2)CC1.CCCC1CCC(c2ccc(-c3ccc(C4CCC(CCC)CC4)cc3)cc2)CC1. The molecule has 2 atom stereocenters. The van der Waals surface area contributed by atoms with Crippen LogP contribution in [0.2, 0.25) is 0 Å². The van der Waals surface area contributed by atoms with Crippen LogP contribution in [0.25, 0.3) is 22.3 Å². The molecule has 4 saturated carbocycles. The van der Waals surface area contributed by atoms with Gasteiger partial charge in [0.1, 0.15) is 11.6 Å². The predicted octanol–water partition coefficient (Wildman–Crippen LogP) is 29.7. The zero-order chi connectivity index (χ0) is 67.7. The summed E-state index contributed by atoms with van der Waals surface area (Å²) in [6.07, 6.45) is 46.7. The number of hydrogen-bond donors (Lipinski definition) is 0. The van der Waals surface area contributed by atoms with Crippen LogP contribution in [-0.4, -0.2) is 0 Å². The molecule has 2 unspecified atom stereocenters. The molecule has 0 aliphatic heterocycles. The van der Waals surface area contributed by atoms with Crippen molar-refractivity contribution in [3.63, 3.8) is 0 Å². The van der Waals surface area contributed by atoms with Crippen molar-refractivity contribution in [1.29, 1.82) is 0 Å². The van der Waals surface area contributed by atoms with Crippen molar-refractivity contribution in [2.45, 2.75) is 279 Å². The van der Waals surface area contributed by atoms with Gasteiger partial charge in [0.05, 0.1) is 0 Å². The topological polar surface area (TPSA) is 0 Å². The first-order valence-corrected chi connectivity index (χ1v) is 37.8. The zero-order valence-electron chi connectivity index (χ0n) is 60.8. The summed E-state index contributed by atoms with van der Waals surface area (Å²) in [4.78, 5) is 0. The van der Waals surface area contributed by atoms with Crippen LogP contribution < -0.4 is 0 Å². The number of allylic oxidation sites excluding steroid dienone is 12. The van der Waals surface area contributed by atoms with Gasteiger partial charge in [-0.15, -0.1) is 0 Å². The van der Waals surface area contributed by atoms with Crippen molar-refractivity contribution < 1.29 is 8.78 Å². The molecule has 0 saturated heterocycles. The molecular weight excluding hydrogens is 1130 g/mol. The van der Waals surface area contributed by atoms with Gasteiger partial charge in [-0.2, -0.15) is 0 Å². The minimum atomic E-state index is -0.470. The van der Waals surface area contributed by atoms with E-state index in [4.69, 9.17) is 0 Å². The predicted molar refractivity (Wildman–Crippen MR) is 409 cm³/mol. The van der Waals surface area contributed by atoms with Gasteiger partial charge in [-0.3, -0.25) is 0 Å². The van der Waals surface area contributed by atoms with Crippen LogP contribution in [-0.2, 0) is 0 Å². The first kappa shape index (κ1) is 78.1. The molecule has 0 N–H and O–H groups in total. The molecule has 0 nitrogen and oxygen atoms in total. The van der Waals surface area contributed by atoms with E-state index in [1.165, 1.54) is 183 Å². The van der Waals surface area contributed by atoms with Crippen LogP contribution in [0, 0.1) is 41.3 Å². The highest BCUT2D eigenvalue weighted by Gasteiger charge is 2.27. The van der Waals surface area contributed by atoms with Crippen LogP contribution in [0.4, 0.5) is 8.78 Å². The van der Waals surface area contributed by atoms with E-state index in [0.29, 0.717) is 34.5 Å². The third-order valence-electron chi connectivity index (χ3n) is 21.7. The lowest BCUT2D eigenvalue weighted by Crippen LogP contribution is -2.14. The van der Waals surface area contributed by atoms with Gasteiger partial charge >= 0.3 is 0 Å². The van der Waals surface area contributed by atoms with E-state index in [2.05, 4.69) is 187 Å². The van der Waals surface area contributed by atoms with Crippen LogP contribution in [0.15, 0.2) is 200 Å². The van der Waals surface area contributed by atoms with E-state index in [0.717, 1.165) is 94.9 Å². The monoisotopic (exact) mass is 1260 g/mol. The minimum absolute atomic E-state index is 0.00485. The van der Waals surface area contributed by atoms with E-state index in [1.54, 1.807) is 23.3 Å². The maximum absolute atomic E-state index is 15.0. The molecule has 0 spiro atoms. The quantitative estimate of drug-likeness (QED) is 0.0497. The molecule has 0 bridgehead atoms. The molecule has 2 heteroatoms. The Kier molecular flexibility index (Phi) is 35.9. The first-order valence-electron chi connectivity index (χ1n) is 37.8. The van der Waals surface area contributed by atoms with Crippen molar-refractivity contribution >= 4 is 0 Å². The Morgan fingerprint density at radius 1 is 0.430 bits per heavy atom. The van der Waals surface area contributed by atoms with Crippen molar-refractivity contribution in [3.05, 3.63) is 228 Å². The number of rotatable bonds is 28. The van der Waals surface area contributed by atoms with E-state index in [-0.39, 0.29) is 11.4 Å². The highest BCUT2D eigenvalue weighted by molar-refractivity contribution is 5.65. The zero-order valence-corrected chi connectivity index (χ0v) is 60.8. The van der Waals surface area contributed by atoms with Gasteiger partial charge in [0.25, 0.3) is 0 Å². The molecule has 93 heavy (non-hydrogen) atoms. The summed E-state index contributed by atoms with van der Waals surface area (Å²) in [6.45, 7) is 45.8. The smallest absolute Gasteiger partial charge is 0.131 e. The fourth-order valence-corrected chi connectivity index (χ4v) is 15.0. The summed E-state index contributed by atoms with van der Waals surface area (Å²) in [5, 5.41) is 0. The van der Waals surface area contributed by atoms with Gasteiger partial charge < -0.3 is 0 Å². The van der Waals surface area contributed by atoms with E-state index in [9.17, 15) is 4.39 Å². The summed E-state index contributed by atoms with van der Waals surface area (Å²) in [6, 6.07) is 34.0. The van der Waals surface area contributed by atoms with Crippen LogP contribution >= 0.6 is 0 Å². The molecule has 4 aliphatic carbocycles. The second-order valence-electron chi connectivity index (χ2n) is 29.1. The summed E-state index contributed by atoms with van der Waals surface area (Å²) >= 11 is 0. The summed E-state index contributed by atoms with van der Waals surface area (Å²) in [5.74, 6) is 7.16. The molecule has 0 heterocycles. The summed E-state index contributed by atoms with van der Waals surface area (Å²) in [5.41, 5.74) is 14.3. The number of hydrogen-bond acceptors (Lipinski definition) is 0. The molecule has 0 radical (unpaired) electrons. The van der Waals surface area contributed by atoms with Crippen molar-refractivity contribution in [3.8, 4) is 22.3 Å². The molecule has 508 valence electrons. The van der Waals surface area contributed by atoms with Gasteiger partial charge in [-0.25, -0.2) is 8.78 Å². The average molecular weight is 1260 g/mol. The fourth-order valence-electron chi connectivity index (χ4n) is 15.0. The van der Waals surface area contributed by atoms with Crippen LogP contribution in [0.1, 0.15) is 301 Å². The highest BCUT2D eigenvalue weighted by atomic mass is 19.1. The van der Waals surface area contributed by atoms with Gasteiger partial charge in [0.15, 0.2) is 0 Å². The molecule has 4 aromatic rings. The Labute approximate surface area is 570 Å². The maximum atomic E-state index is 15.0. The van der Waals surface area contributed by atoms with Gasteiger partial charge in [0, 0.05) is 5.57 Å². The Bertz CT molecular complexity index is 2870. The van der Waals surface area contributed by atoms with E-state index in [1.807, 2.05) is 25.2 Å². The van der Waals surface area contributed by atoms with Gasteiger partial charge in [-0.1, -0.05) is 300 Å². The Hall–Kier alpha value is -5.60. The molecule has 0 aromatic heterocycles. The highest BCUT2D eigenvalue weighted by Crippen LogP contribution is 2.43. The Morgan fingerprint density at radius 3 is 1.14 bits per heavy atom. The first-order chi connectivity index (χ1) is 44.9. The average Bonchev–Trinajstić information content (AvgIpc) is 1.37. The van der Waals surface area contributed by atoms with Crippen molar-refractivity contribution in [1.82, 2.24) is 0 Å². The van der Waals surface area contributed by atoms with Crippen LogP contribution in [0.3, 0.4) is 0 Å². The normalized spacial score (nSPS) is 22.2. The Balaban J connectivity index is 0.000000248. The van der Waals surface area contributed by atoms with Gasteiger partial charge in [-0.05, 0) is 248 Å². The molecule has 4 fully saturated rings. The Morgan fingerprint density at radius 2 is 0.785 bits per heavy atom. The number of halogens is 2. The third-order valence-corrected chi connectivity index (χ3v) is 21.7. The van der Waals surface area contributed by atoms with Crippen molar-refractivity contribution in [2.24, 2.45) is 35.5 Å². The van der Waals surface area contributed by atoms with Gasteiger partial charge in [0.2, 0.25) is 0 Å². The molecule has 8 rings (SSSR count). The largest absolute Gasteiger partial charge is 0.207 e. The third kappa shape index (κ3) is 26.5. The molecule has 4 aliphatic rings. The fraction of sp³-hybridized carbons (Fsp3) is 0.538. The lowest BCUT2D eigenvalue weighted by atomic mass is 9.76. The summed E-state index contributed by atoms with van der Waals surface area (Å²) in [7, 11) is 0. The van der Waals surface area contributed by atoms with E-state index >= 15 is 4.39 Å². The maximum Gasteiger partial charge on any atom is 0.131 e. The summed E-state index contributed by atoms with van der Waals surface area (Å²) < 4.78 is 29.5. The standard InChI is InChI=1S/C30H41F.C30H42.C28H39F.C3H8/c1-3-5-22-7-11-24(12-8-22)25-15-17-26(18-16-25)28-19-20-29(30(31)21-28)27-13-9-23(6-4-2)10-14-27;1-3-5-23-7-11-25(12-8-23)27-15-19-29(20-16-27)30-21-17-28(18-22-30)26-13-9-24(6-4-2)10-14-26;1-11-20(3)13-15-22(5)23(6)17-18-24(7)26(9)19-28(29)27(10)25(8)16-14-21(4)12-2;1-3-2/h15-24,27H,3-14H2,1-2H3;15-26H,3-14H2,1-2H3;14,16-20,22H,4,6-13,15H2,1-3,5H3;3H2,1-2H3/b;;16-14-,18-17-,28-19+;. The second kappa shape index (κ2) is 42.8. The lowest BCUT2D eigenvalue weighted by Gasteiger charge is -2.29. The van der Waals surface area contributed by atoms with Crippen molar-refractivity contribution in [2.75, 3.05) is 0 Å². The molecule has 0 amide bonds. The minimum Gasteiger partial charge on any atom is -0.207 e. The lowest BCUT2D eigenvalue weighted by molar-refractivity contribution is 0.304.